The van der Waals surface area contributed by atoms with Crippen molar-refractivity contribution in [2.24, 2.45) is 0 Å². The number of carbonyl (C=O) groups excluding carboxylic acids is 1. The fourth-order valence-electron chi connectivity index (χ4n) is 2.67. The molecule has 27 heavy (non-hydrogen) atoms. The third kappa shape index (κ3) is 4.06. The maximum atomic E-state index is 12.0. The number of fused-ring (bicyclic) bond motifs is 1. The maximum absolute atomic E-state index is 12.0. The van der Waals surface area contributed by atoms with Crippen LogP contribution >= 0.6 is 0 Å². The zero-order valence-corrected chi connectivity index (χ0v) is 15.3. The van der Waals surface area contributed by atoms with Crippen molar-refractivity contribution < 1.29 is 24.5 Å². The topological polar surface area (TPSA) is 103 Å². The van der Waals surface area contributed by atoms with E-state index in [1.165, 1.54) is 24.3 Å². The van der Waals surface area contributed by atoms with Crippen LogP contribution in [0.4, 0.5) is 0 Å². The van der Waals surface area contributed by atoms with E-state index in [1.807, 2.05) is 20.8 Å². The van der Waals surface area contributed by atoms with E-state index >= 15 is 0 Å². The minimum atomic E-state index is -0.338. The molecule has 0 atom stereocenters. The van der Waals surface area contributed by atoms with Crippen LogP contribution in [0.2, 0.25) is 0 Å². The predicted octanol–water partition coefficient (Wildman–Crippen LogP) is 4.14. The van der Waals surface area contributed by atoms with Crippen molar-refractivity contribution in [3.05, 3.63) is 48.0 Å². The van der Waals surface area contributed by atoms with Gasteiger partial charge in [-0.15, -0.1) is 0 Å². The minimum Gasteiger partial charge on any atom is -0.504 e. The Morgan fingerprint density at radius 1 is 1.00 bits per heavy atom. The highest BCUT2D eigenvalue weighted by Gasteiger charge is 2.15. The number of rotatable bonds is 3. The quantitative estimate of drug-likeness (QED) is 0.411. The summed E-state index contributed by atoms with van der Waals surface area (Å²) in [5.41, 5.74) is 1.18. The first-order valence-electron chi connectivity index (χ1n) is 8.42. The fraction of sp³-hybridized carbons (Fsp3) is 0.190. The summed E-state index contributed by atoms with van der Waals surface area (Å²) in [5, 5.41) is 32.7. The standard InChI is InChI=1S/C21H21NO5/c1-21(2,3)22-19(26)9-6-12-4-8-16(24)20-14(12)11-18(27-20)13-5-7-15(23)17(25)10-13/h4-11,23-25H,1-3H3,(H,22,26)/b9-6+. The third-order valence-corrected chi connectivity index (χ3v) is 3.87. The predicted molar refractivity (Wildman–Crippen MR) is 104 cm³/mol. The fourth-order valence-corrected chi connectivity index (χ4v) is 2.67. The molecule has 0 aliphatic heterocycles. The van der Waals surface area contributed by atoms with E-state index in [9.17, 15) is 20.1 Å². The lowest BCUT2D eigenvalue weighted by Crippen LogP contribution is -2.39. The smallest absolute Gasteiger partial charge is 0.244 e. The van der Waals surface area contributed by atoms with Crippen LogP contribution in [0.25, 0.3) is 28.4 Å². The third-order valence-electron chi connectivity index (χ3n) is 3.87. The molecule has 6 nitrogen and oxygen atoms in total. The Balaban J connectivity index is 2.00. The van der Waals surface area contributed by atoms with E-state index in [-0.39, 0.29) is 34.3 Å². The zero-order chi connectivity index (χ0) is 19.8. The number of hydrogen-bond donors (Lipinski definition) is 4. The summed E-state index contributed by atoms with van der Waals surface area (Å²) in [6, 6.07) is 9.21. The highest BCUT2D eigenvalue weighted by molar-refractivity contribution is 5.98. The molecule has 0 aliphatic rings. The molecule has 0 radical (unpaired) electrons. The summed E-state index contributed by atoms with van der Waals surface area (Å²) < 4.78 is 5.73. The average Bonchev–Trinajstić information content (AvgIpc) is 3.01. The van der Waals surface area contributed by atoms with Gasteiger partial charge in [-0.25, -0.2) is 0 Å². The van der Waals surface area contributed by atoms with Crippen molar-refractivity contribution in [3.63, 3.8) is 0 Å². The molecule has 3 rings (SSSR count). The molecule has 0 spiro atoms. The lowest BCUT2D eigenvalue weighted by Gasteiger charge is -2.18. The second-order valence-corrected chi connectivity index (χ2v) is 7.30. The van der Waals surface area contributed by atoms with E-state index in [0.29, 0.717) is 22.3 Å². The first-order valence-corrected chi connectivity index (χ1v) is 8.42. The van der Waals surface area contributed by atoms with Crippen molar-refractivity contribution in [1.82, 2.24) is 5.32 Å². The molecule has 6 heteroatoms. The van der Waals surface area contributed by atoms with Gasteiger partial charge in [0.1, 0.15) is 5.76 Å². The van der Waals surface area contributed by atoms with E-state index in [0.717, 1.165) is 0 Å². The van der Waals surface area contributed by atoms with Gasteiger partial charge in [-0.1, -0.05) is 6.07 Å². The molecule has 0 aliphatic carbocycles. The van der Waals surface area contributed by atoms with Gasteiger partial charge in [0.05, 0.1) is 0 Å². The van der Waals surface area contributed by atoms with Crippen molar-refractivity contribution in [1.29, 1.82) is 0 Å². The van der Waals surface area contributed by atoms with Gasteiger partial charge in [0.2, 0.25) is 5.91 Å². The second-order valence-electron chi connectivity index (χ2n) is 7.30. The van der Waals surface area contributed by atoms with Gasteiger partial charge in [0.25, 0.3) is 0 Å². The Kier molecular flexibility index (Phi) is 4.57. The van der Waals surface area contributed by atoms with E-state index < -0.39 is 0 Å². The number of carbonyl (C=O) groups is 1. The molecule has 0 bridgehead atoms. The van der Waals surface area contributed by atoms with Gasteiger partial charge in [-0.2, -0.15) is 0 Å². The Hall–Kier alpha value is -3.41. The molecule has 1 amide bonds. The molecule has 0 saturated heterocycles. The van der Waals surface area contributed by atoms with Crippen molar-refractivity contribution in [3.8, 4) is 28.6 Å². The van der Waals surface area contributed by atoms with Crippen LogP contribution < -0.4 is 5.32 Å². The molecule has 3 aromatic rings. The van der Waals surface area contributed by atoms with Gasteiger partial charge < -0.3 is 25.1 Å². The van der Waals surface area contributed by atoms with Crippen molar-refractivity contribution in [2.45, 2.75) is 26.3 Å². The summed E-state index contributed by atoms with van der Waals surface area (Å²) in [4.78, 5) is 12.0. The van der Waals surface area contributed by atoms with Crippen LogP contribution in [0.1, 0.15) is 26.3 Å². The number of nitrogens with one attached hydrogen (secondary N) is 1. The second kappa shape index (κ2) is 6.72. The Labute approximate surface area is 156 Å². The van der Waals surface area contributed by atoms with Crippen LogP contribution in [0.15, 0.2) is 46.9 Å². The molecular weight excluding hydrogens is 346 g/mol. The number of amides is 1. The molecule has 140 valence electrons. The van der Waals surface area contributed by atoms with Gasteiger partial charge in [0, 0.05) is 22.6 Å². The number of phenols is 3. The largest absolute Gasteiger partial charge is 0.504 e. The van der Waals surface area contributed by atoms with Crippen LogP contribution in [0, 0.1) is 0 Å². The maximum Gasteiger partial charge on any atom is 0.244 e. The van der Waals surface area contributed by atoms with Crippen molar-refractivity contribution >= 4 is 23.0 Å². The number of furan rings is 1. The minimum absolute atomic E-state index is 0.0319. The first-order chi connectivity index (χ1) is 12.6. The zero-order valence-electron chi connectivity index (χ0n) is 15.3. The Bertz CT molecular complexity index is 1040. The molecule has 1 heterocycles. The number of phenolic OH excluding ortho intramolecular Hbond substituents is 3. The molecule has 0 saturated carbocycles. The van der Waals surface area contributed by atoms with Gasteiger partial charge in [-0.3, -0.25) is 4.79 Å². The van der Waals surface area contributed by atoms with Gasteiger partial charge >= 0.3 is 0 Å². The Morgan fingerprint density at radius 3 is 2.37 bits per heavy atom. The van der Waals surface area contributed by atoms with Crippen molar-refractivity contribution in [2.75, 3.05) is 0 Å². The monoisotopic (exact) mass is 367 g/mol. The van der Waals surface area contributed by atoms with E-state index in [1.54, 1.807) is 24.3 Å². The summed E-state index contributed by atoms with van der Waals surface area (Å²) >= 11 is 0. The first kappa shape index (κ1) is 18.4. The molecule has 0 fully saturated rings. The van der Waals surface area contributed by atoms with E-state index in [4.69, 9.17) is 4.42 Å². The highest BCUT2D eigenvalue weighted by Crippen LogP contribution is 2.37. The summed E-state index contributed by atoms with van der Waals surface area (Å²) in [6.07, 6.45) is 3.08. The van der Waals surface area contributed by atoms with Gasteiger partial charge in [-0.05, 0) is 62.7 Å². The van der Waals surface area contributed by atoms with Crippen LogP contribution in [0.3, 0.4) is 0 Å². The van der Waals surface area contributed by atoms with E-state index in [2.05, 4.69) is 5.32 Å². The Morgan fingerprint density at radius 2 is 1.70 bits per heavy atom. The average molecular weight is 367 g/mol. The number of aromatic hydroxyl groups is 3. The van der Waals surface area contributed by atoms with Gasteiger partial charge in [0.15, 0.2) is 22.8 Å². The number of benzene rings is 2. The lowest BCUT2D eigenvalue weighted by atomic mass is 10.1. The normalized spacial score (nSPS) is 12.0. The number of hydrogen-bond acceptors (Lipinski definition) is 5. The lowest BCUT2D eigenvalue weighted by molar-refractivity contribution is -0.117. The SMILES string of the molecule is CC(C)(C)NC(=O)/C=C/c1ccc(O)c2oc(-c3ccc(O)c(O)c3)cc12. The van der Waals surface area contributed by atoms with Crippen LogP contribution in [-0.2, 0) is 4.79 Å². The summed E-state index contributed by atoms with van der Waals surface area (Å²) in [6.45, 7) is 5.69. The highest BCUT2D eigenvalue weighted by atomic mass is 16.4. The van der Waals surface area contributed by atoms with Crippen LogP contribution in [-0.4, -0.2) is 26.8 Å². The molecule has 1 aromatic heterocycles. The van der Waals surface area contributed by atoms with Crippen LogP contribution in [0.5, 0.6) is 17.2 Å². The molecule has 4 N–H and O–H groups in total. The molecule has 2 aromatic carbocycles. The summed E-state index contributed by atoms with van der Waals surface area (Å²) in [5.74, 6) is -0.343. The molecule has 0 unspecified atom stereocenters. The summed E-state index contributed by atoms with van der Waals surface area (Å²) in [7, 11) is 0. The molecular formula is C21H21NO5.